The topological polar surface area (TPSA) is 66.4 Å². The lowest BCUT2D eigenvalue weighted by Gasteiger charge is -2.28. The molecule has 4 rings (SSSR count). The van der Waals surface area contributed by atoms with Crippen molar-refractivity contribution < 1.29 is 18.4 Å². The normalized spacial score (nSPS) is 19.3. The van der Waals surface area contributed by atoms with Crippen LogP contribution in [0.4, 0.5) is 19.3 Å². The van der Waals surface area contributed by atoms with E-state index in [4.69, 9.17) is 0 Å². The van der Waals surface area contributed by atoms with Gasteiger partial charge in [-0.2, -0.15) is 0 Å². The average Bonchev–Trinajstić information content (AvgIpc) is 2.94. The van der Waals surface area contributed by atoms with Gasteiger partial charge in [-0.3, -0.25) is 15.0 Å². The SMILES string of the molecule is Cc1cn(C2CCNCC2)c2cc(F)c(N3CCC(=O)NC3=O)c(F)c12. The zero-order valence-corrected chi connectivity index (χ0v) is 14.4. The summed E-state index contributed by atoms with van der Waals surface area (Å²) in [7, 11) is 0. The monoisotopic (exact) mass is 362 g/mol. The number of nitrogens with one attached hydrogen (secondary N) is 2. The number of aromatic nitrogens is 1. The summed E-state index contributed by atoms with van der Waals surface area (Å²) in [6.07, 6.45) is 3.65. The first kappa shape index (κ1) is 17.0. The van der Waals surface area contributed by atoms with Gasteiger partial charge in [0.2, 0.25) is 5.91 Å². The van der Waals surface area contributed by atoms with Gasteiger partial charge in [-0.05, 0) is 38.4 Å². The van der Waals surface area contributed by atoms with Crippen LogP contribution in [0.2, 0.25) is 0 Å². The van der Waals surface area contributed by atoms with E-state index in [0.717, 1.165) is 30.8 Å². The first-order valence-corrected chi connectivity index (χ1v) is 8.78. The maximum atomic E-state index is 15.3. The third-order valence-corrected chi connectivity index (χ3v) is 5.20. The van der Waals surface area contributed by atoms with Gasteiger partial charge in [0, 0.05) is 36.7 Å². The van der Waals surface area contributed by atoms with Gasteiger partial charge < -0.3 is 9.88 Å². The molecule has 6 nitrogen and oxygen atoms in total. The molecule has 2 aromatic rings. The minimum Gasteiger partial charge on any atom is -0.344 e. The molecule has 3 amide bonds. The number of halogens is 2. The third-order valence-electron chi connectivity index (χ3n) is 5.20. The Bertz CT molecular complexity index is 902. The van der Waals surface area contributed by atoms with E-state index in [1.807, 2.05) is 10.8 Å². The number of fused-ring (bicyclic) bond motifs is 1. The molecule has 0 aliphatic carbocycles. The number of anilines is 1. The van der Waals surface area contributed by atoms with Gasteiger partial charge in [0.1, 0.15) is 5.69 Å². The van der Waals surface area contributed by atoms with Gasteiger partial charge in [0.05, 0.1) is 5.52 Å². The number of rotatable bonds is 2. The second-order valence-electron chi connectivity index (χ2n) is 6.87. The number of nitrogens with zero attached hydrogens (tertiary/aromatic N) is 2. The van der Waals surface area contributed by atoms with Crippen molar-refractivity contribution in [3.8, 4) is 0 Å². The molecule has 2 saturated heterocycles. The second-order valence-corrected chi connectivity index (χ2v) is 6.87. The van der Waals surface area contributed by atoms with Crippen molar-refractivity contribution in [1.82, 2.24) is 15.2 Å². The van der Waals surface area contributed by atoms with Crippen LogP contribution in [-0.4, -0.2) is 36.1 Å². The molecule has 8 heteroatoms. The summed E-state index contributed by atoms with van der Waals surface area (Å²) < 4.78 is 32.0. The molecule has 2 fully saturated rings. The van der Waals surface area contributed by atoms with E-state index in [-0.39, 0.29) is 19.0 Å². The zero-order valence-electron chi connectivity index (χ0n) is 14.4. The quantitative estimate of drug-likeness (QED) is 0.863. The van der Waals surface area contributed by atoms with Crippen LogP contribution in [0.25, 0.3) is 10.9 Å². The third kappa shape index (κ3) is 2.65. The fourth-order valence-corrected chi connectivity index (χ4v) is 3.93. The van der Waals surface area contributed by atoms with E-state index >= 15 is 4.39 Å². The smallest absolute Gasteiger partial charge is 0.328 e. The molecule has 0 radical (unpaired) electrons. The molecule has 0 bridgehead atoms. The number of aryl methyl sites for hydroxylation is 1. The fraction of sp³-hybridized carbons (Fsp3) is 0.444. The van der Waals surface area contributed by atoms with Crippen molar-refractivity contribution in [1.29, 1.82) is 0 Å². The molecule has 0 spiro atoms. The minimum absolute atomic E-state index is 0.0116. The Kier molecular flexibility index (Phi) is 4.14. The summed E-state index contributed by atoms with van der Waals surface area (Å²) in [6, 6.07) is 0.689. The summed E-state index contributed by atoms with van der Waals surface area (Å²) in [5, 5.41) is 5.71. The van der Waals surface area contributed by atoms with Gasteiger partial charge >= 0.3 is 6.03 Å². The Morgan fingerprint density at radius 3 is 2.62 bits per heavy atom. The van der Waals surface area contributed by atoms with Crippen molar-refractivity contribution >= 4 is 28.5 Å². The van der Waals surface area contributed by atoms with Crippen molar-refractivity contribution in [3.05, 3.63) is 29.5 Å². The van der Waals surface area contributed by atoms with Crippen LogP contribution in [0.15, 0.2) is 12.3 Å². The second kappa shape index (κ2) is 6.35. The Balaban J connectivity index is 1.83. The van der Waals surface area contributed by atoms with Gasteiger partial charge in [-0.15, -0.1) is 0 Å². The Morgan fingerprint density at radius 2 is 1.92 bits per heavy atom. The summed E-state index contributed by atoms with van der Waals surface area (Å²) in [4.78, 5) is 24.3. The van der Waals surface area contributed by atoms with Crippen LogP contribution in [0.5, 0.6) is 0 Å². The first-order chi connectivity index (χ1) is 12.5. The number of piperidine rings is 1. The highest BCUT2D eigenvalue weighted by atomic mass is 19.1. The number of hydrogen-bond acceptors (Lipinski definition) is 3. The van der Waals surface area contributed by atoms with Crippen molar-refractivity contribution in [2.45, 2.75) is 32.2 Å². The zero-order chi connectivity index (χ0) is 18.4. The summed E-state index contributed by atoms with van der Waals surface area (Å²) in [5.41, 5.74) is 0.807. The maximum Gasteiger partial charge on any atom is 0.328 e. The Morgan fingerprint density at radius 1 is 1.19 bits per heavy atom. The molecule has 0 saturated carbocycles. The summed E-state index contributed by atoms with van der Waals surface area (Å²) in [6.45, 7) is 3.48. The van der Waals surface area contributed by atoms with Crippen molar-refractivity contribution in [3.63, 3.8) is 0 Å². The van der Waals surface area contributed by atoms with Crippen LogP contribution in [0, 0.1) is 18.6 Å². The van der Waals surface area contributed by atoms with E-state index in [0.29, 0.717) is 16.5 Å². The predicted molar refractivity (Wildman–Crippen MR) is 93.2 cm³/mol. The molecule has 2 aliphatic heterocycles. The number of amides is 3. The number of hydrogen-bond donors (Lipinski definition) is 2. The highest BCUT2D eigenvalue weighted by Gasteiger charge is 2.31. The van der Waals surface area contributed by atoms with Gasteiger partial charge in [0.25, 0.3) is 0 Å². The number of carbonyl (C=O) groups is 2. The molecular formula is C18H20F2N4O2. The van der Waals surface area contributed by atoms with Gasteiger partial charge in [0.15, 0.2) is 11.6 Å². The van der Waals surface area contributed by atoms with E-state index in [1.165, 1.54) is 6.07 Å². The number of benzene rings is 1. The molecule has 1 aromatic carbocycles. The van der Waals surface area contributed by atoms with Gasteiger partial charge in [-0.1, -0.05) is 0 Å². The summed E-state index contributed by atoms with van der Waals surface area (Å²) >= 11 is 0. The van der Waals surface area contributed by atoms with Crippen LogP contribution < -0.4 is 15.5 Å². The fourth-order valence-electron chi connectivity index (χ4n) is 3.93. The lowest BCUT2D eigenvalue weighted by molar-refractivity contribution is -0.120. The average molecular weight is 362 g/mol. The first-order valence-electron chi connectivity index (χ1n) is 8.78. The molecule has 1 aromatic heterocycles. The van der Waals surface area contributed by atoms with E-state index in [1.54, 1.807) is 6.92 Å². The molecule has 26 heavy (non-hydrogen) atoms. The van der Waals surface area contributed by atoms with Crippen LogP contribution in [0.3, 0.4) is 0 Å². The van der Waals surface area contributed by atoms with Crippen molar-refractivity contribution in [2.75, 3.05) is 24.5 Å². The molecule has 2 aliphatic rings. The molecule has 138 valence electrons. The van der Waals surface area contributed by atoms with Crippen molar-refractivity contribution in [2.24, 2.45) is 0 Å². The summed E-state index contributed by atoms with van der Waals surface area (Å²) in [5.74, 6) is -2.00. The predicted octanol–water partition coefficient (Wildman–Crippen LogP) is 2.60. The molecule has 3 heterocycles. The molecule has 0 atom stereocenters. The molecular weight excluding hydrogens is 342 g/mol. The number of urea groups is 1. The standard InChI is InChI=1S/C18H20F2N4O2/c1-10-9-24(11-2-5-21-6-3-11)13-8-12(19)17(16(20)15(10)13)23-7-4-14(25)22-18(23)26/h8-9,11,21H,2-7H2,1H3,(H,22,25,26). The number of carbonyl (C=O) groups excluding carboxylic acids is 2. The van der Waals surface area contributed by atoms with E-state index in [9.17, 15) is 14.0 Å². The van der Waals surface area contributed by atoms with Gasteiger partial charge in [-0.25, -0.2) is 13.6 Å². The number of imide groups is 1. The molecule has 0 unspecified atom stereocenters. The van der Waals surface area contributed by atoms with Crippen LogP contribution >= 0.6 is 0 Å². The lowest BCUT2D eigenvalue weighted by Crippen LogP contribution is -2.50. The van der Waals surface area contributed by atoms with Crippen LogP contribution in [0.1, 0.15) is 30.9 Å². The largest absolute Gasteiger partial charge is 0.344 e. The van der Waals surface area contributed by atoms with E-state index in [2.05, 4.69) is 10.6 Å². The minimum atomic E-state index is -0.798. The Hall–Kier alpha value is -2.48. The highest BCUT2D eigenvalue weighted by Crippen LogP contribution is 2.36. The highest BCUT2D eigenvalue weighted by molar-refractivity contribution is 6.06. The lowest BCUT2D eigenvalue weighted by atomic mass is 10.1. The maximum absolute atomic E-state index is 15.3. The van der Waals surface area contributed by atoms with Crippen LogP contribution in [-0.2, 0) is 4.79 Å². The molecule has 2 N–H and O–H groups in total. The van der Waals surface area contributed by atoms with E-state index < -0.39 is 29.3 Å². The Labute approximate surface area is 149 Å².